The second-order valence-corrected chi connectivity index (χ2v) is 7.14. The molecular weight excluding hydrogens is 286 g/mol. The third-order valence-corrected chi connectivity index (χ3v) is 4.95. The quantitative estimate of drug-likeness (QED) is 0.876. The molecule has 1 N–H and O–H groups in total. The highest BCUT2D eigenvalue weighted by Crippen LogP contribution is 2.29. The first-order chi connectivity index (χ1) is 11.1. The number of hydrogen-bond donors (Lipinski definition) is 1. The van der Waals surface area contributed by atoms with Crippen LogP contribution in [0.1, 0.15) is 31.7 Å². The Morgan fingerprint density at radius 1 is 1.26 bits per heavy atom. The van der Waals surface area contributed by atoms with Crippen LogP contribution in [-0.2, 0) is 4.79 Å². The number of piperazine rings is 1. The van der Waals surface area contributed by atoms with Crippen LogP contribution in [0.4, 0.5) is 5.69 Å². The Morgan fingerprint density at radius 3 is 2.65 bits per heavy atom. The first-order valence-electron chi connectivity index (χ1n) is 8.96. The van der Waals surface area contributed by atoms with Gasteiger partial charge in [0.1, 0.15) is 0 Å². The predicted octanol–water partition coefficient (Wildman–Crippen LogP) is 2.42. The van der Waals surface area contributed by atoms with Crippen LogP contribution in [0.15, 0.2) is 24.3 Å². The molecule has 1 saturated carbocycles. The van der Waals surface area contributed by atoms with Crippen molar-refractivity contribution in [2.45, 2.75) is 39.2 Å². The van der Waals surface area contributed by atoms with Gasteiger partial charge in [0, 0.05) is 50.4 Å². The van der Waals surface area contributed by atoms with Crippen LogP contribution < -0.4 is 10.2 Å². The number of benzene rings is 1. The normalized spacial score (nSPS) is 20.3. The molecule has 0 spiro atoms. The van der Waals surface area contributed by atoms with E-state index in [1.54, 1.807) is 0 Å². The standard InChI is InChI=1S/C19H29N3O/c1-15-4-3-5-18(14-15)22-12-10-21(11-13-22)9-8-16(2)20-19(23)17-6-7-17/h3-5,14,16-17H,6-13H2,1-2H3,(H,20,23)/t16-/m0/s1. The van der Waals surface area contributed by atoms with Crippen LogP contribution in [0, 0.1) is 12.8 Å². The molecule has 4 heteroatoms. The summed E-state index contributed by atoms with van der Waals surface area (Å²) >= 11 is 0. The number of amides is 1. The molecule has 1 heterocycles. The van der Waals surface area contributed by atoms with E-state index < -0.39 is 0 Å². The highest BCUT2D eigenvalue weighted by molar-refractivity contribution is 5.81. The highest BCUT2D eigenvalue weighted by Gasteiger charge is 2.30. The third-order valence-electron chi connectivity index (χ3n) is 4.95. The minimum atomic E-state index is 0.266. The largest absolute Gasteiger partial charge is 0.369 e. The van der Waals surface area contributed by atoms with Crippen LogP contribution in [0.3, 0.4) is 0 Å². The number of hydrogen-bond acceptors (Lipinski definition) is 3. The van der Waals surface area contributed by atoms with Gasteiger partial charge < -0.3 is 10.2 Å². The topological polar surface area (TPSA) is 35.6 Å². The van der Waals surface area contributed by atoms with Crippen molar-refractivity contribution >= 4 is 11.6 Å². The van der Waals surface area contributed by atoms with Crippen molar-refractivity contribution in [2.24, 2.45) is 5.92 Å². The van der Waals surface area contributed by atoms with Gasteiger partial charge in [0.05, 0.1) is 0 Å². The minimum Gasteiger partial charge on any atom is -0.369 e. The van der Waals surface area contributed by atoms with Crippen molar-refractivity contribution in [2.75, 3.05) is 37.6 Å². The first kappa shape index (κ1) is 16.3. The molecule has 1 aliphatic heterocycles. The maximum atomic E-state index is 11.8. The monoisotopic (exact) mass is 315 g/mol. The molecule has 1 aromatic carbocycles. The Kier molecular flexibility index (Phi) is 5.21. The van der Waals surface area contributed by atoms with Crippen molar-refractivity contribution in [3.8, 4) is 0 Å². The number of aryl methyl sites for hydroxylation is 1. The molecule has 126 valence electrons. The van der Waals surface area contributed by atoms with Crippen molar-refractivity contribution in [1.29, 1.82) is 0 Å². The van der Waals surface area contributed by atoms with E-state index in [9.17, 15) is 4.79 Å². The summed E-state index contributed by atoms with van der Waals surface area (Å²) in [5.41, 5.74) is 2.67. The maximum absolute atomic E-state index is 11.8. The van der Waals surface area contributed by atoms with E-state index in [0.717, 1.165) is 52.0 Å². The van der Waals surface area contributed by atoms with Gasteiger partial charge in [-0.25, -0.2) is 0 Å². The Labute approximate surface area is 139 Å². The first-order valence-corrected chi connectivity index (χ1v) is 8.96. The average molecular weight is 315 g/mol. The third kappa shape index (κ3) is 4.71. The van der Waals surface area contributed by atoms with Gasteiger partial charge in [0.25, 0.3) is 0 Å². The van der Waals surface area contributed by atoms with Crippen molar-refractivity contribution in [3.05, 3.63) is 29.8 Å². The van der Waals surface area contributed by atoms with E-state index in [-0.39, 0.29) is 11.9 Å². The van der Waals surface area contributed by atoms with Gasteiger partial charge in [0.2, 0.25) is 5.91 Å². The van der Waals surface area contributed by atoms with E-state index >= 15 is 0 Å². The van der Waals surface area contributed by atoms with Crippen LogP contribution in [0.2, 0.25) is 0 Å². The van der Waals surface area contributed by atoms with Gasteiger partial charge in [-0.2, -0.15) is 0 Å². The lowest BCUT2D eigenvalue weighted by Gasteiger charge is -2.36. The Morgan fingerprint density at radius 2 is 2.00 bits per heavy atom. The van der Waals surface area contributed by atoms with Gasteiger partial charge in [-0.3, -0.25) is 9.69 Å². The lowest BCUT2D eigenvalue weighted by atomic mass is 10.1. The molecule has 0 bridgehead atoms. The van der Waals surface area contributed by atoms with E-state index in [4.69, 9.17) is 0 Å². The Balaban J connectivity index is 1.38. The molecule has 2 fully saturated rings. The number of nitrogens with zero attached hydrogens (tertiary/aromatic N) is 2. The summed E-state index contributed by atoms with van der Waals surface area (Å²) < 4.78 is 0. The van der Waals surface area contributed by atoms with Crippen molar-refractivity contribution < 1.29 is 4.79 Å². The second kappa shape index (κ2) is 7.35. The fourth-order valence-electron chi connectivity index (χ4n) is 3.21. The summed E-state index contributed by atoms with van der Waals surface area (Å²) in [6.07, 6.45) is 3.21. The number of carbonyl (C=O) groups excluding carboxylic acids is 1. The van der Waals surface area contributed by atoms with Gasteiger partial charge in [0.15, 0.2) is 0 Å². The Hall–Kier alpha value is -1.55. The van der Waals surface area contributed by atoms with Gasteiger partial charge in [-0.1, -0.05) is 12.1 Å². The summed E-state index contributed by atoms with van der Waals surface area (Å²) in [5.74, 6) is 0.581. The van der Waals surface area contributed by atoms with E-state index in [1.807, 2.05) is 0 Å². The van der Waals surface area contributed by atoms with Crippen LogP contribution >= 0.6 is 0 Å². The van der Waals surface area contributed by atoms with Gasteiger partial charge >= 0.3 is 0 Å². The second-order valence-electron chi connectivity index (χ2n) is 7.14. The van der Waals surface area contributed by atoms with Crippen LogP contribution in [-0.4, -0.2) is 49.6 Å². The zero-order chi connectivity index (χ0) is 16.2. The fourth-order valence-corrected chi connectivity index (χ4v) is 3.21. The molecule has 4 nitrogen and oxygen atoms in total. The molecule has 1 amide bonds. The molecule has 0 aromatic heterocycles. The van der Waals surface area contributed by atoms with Crippen LogP contribution in [0.5, 0.6) is 0 Å². The molecule has 0 radical (unpaired) electrons. The zero-order valence-electron chi connectivity index (χ0n) is 14.4. The molecule has 1 aliphatic carbocycles. The van der Waals surface area contributed by atoms with Gasteiger partial charge in [-0.05, 0) is 50.8 Å². The number of rotatable bonds is 6. The Bertz CT molecular complexity index is 533. The van der Waals surface area contributed by atoms with E-state index in [1.165, 1.54) is 11.3 Å². The highest BCUT2D eigenvalue weighted by atomic mass is 16.2. The fraction of sp³-hybridized carbons (Fsp3) is 0.632. The molecular formula is C19H29N3O. The molecule has 0 unspecified atom stereocenters. The maximum Gasteiger partial charge on any atom is 0.223 e. The molecule has 1 atom stereocenters. The lowest BCUT2D eigenvalue weighted by Crippen LogP contribution is -2.47. The van der Waals surface area contributed by atoms with E-state index in [2.05, 4.69) is 53.2 Å². The number of nitrogens with one attached hydrogen (secondary N) is 1. The van der Waals surface area contributed by atoms with Crippen LogP contribution in [0.25, 0.3) is 0 Å². The smallest absolute Gasteiger partial charge is 0.223 e. The summed E-state index contributed by atoms with van der Waals surface area (Å²) in [6, 6.07) is 9.06. The predicted molar refractivity (Wildman–Crippen MR) is 94.8 cm³/mol. The molecule has 1 saturated heterocycles. The summed E-state index contributed by atoms with van der Waals surface area (Å²) in [6.45, 7) is 9.75. The van der Waals surface area contributed by atoms with Crippen molar-refractivity contribution in [3.63, 3.8) is 0 Å². The number of anilines is 1. The molecule has 3 rings (SSSR count). The van der Waals surface area contributed by atoms with Gasteiger partial charge in [-0.15, -0.1) is 0 Å². The minimum absolute atomic E-state index is 0.266. The lowest BCUT2D eigenvalue weighted by molar-refractivity contribution is -0.122. The molecule has 2 aliphatic rings. The average Bonchev–Trinajstić information content (AvgIpc) is 3.38. The SMILES string of the molecule is Cc1cccc(N2CCN(CC[C@H](C)NC(=O)C3CC3)CC2)c1. The summed E-state index contributed by atoms with van der Waals surface area (Å²) in [7, 11) is 0. The van der Waals surface area contributed by atoms with Crippen molar-refractivity contribution in [1.82, 2.24) is 10.2 Å². The van der Waals surface area contributed by atoms with E-state index in [0.29, 0.717) is 5.92 Å². The number of carbonyl (C=O) groups is 1. The molecule has 1 aromatic rings. The zero-order valence-corrected chi connectivity index (χ0v) is 14.4. The summed E-state index contributed by atoms with van der Waals surface area (Å²) in [4.78, 5) is 16.8. The molecule has 23 heavy (non-hydrogen) atoms. The summed E-state index contributed by atoms with van der Waals surface area (Å²) in [5, 5.41) is 3.15.